The van der Waals surface area contributed by atoms with Crippen LogP contribution in [0.2, 0.25) is 0 Å². The summed E-state index contributed by atoms with van der Waals surface area (Å²) >= 11 is 0. The monoisotopic (exact) mass is 1420 g/mol. The van der Waals surface area contributed by atoms with E-state index in [1.54, 1.807) is 58.0 Å². The Morgan fingerprint density at radius 2 is 0.850 bits per heavy atom. The normalized spacial score (nSPS) is 15.6. The van der Waals surface area contributed by atoms with Gasteiger partial charge in [0.2, 0.25) is 82.7 Å². The first-order valence-electron chi connectivity index (χ1n) is 31.7. The van der Waals surface area contributed by atoms with Crippen molar-refractivity contribution in [2.24, 2.45) is 45.5 Å². The van der Waals surface area contributed by atoms with Crippen molar-refractivity contribution in [3.8, 4) is 0 Å². The van der Waals surface area contributed by atoms with Gasteiger partial charge in [0.25, 0.3) is 0 Å². The van der Waals surface area contributed by atoms with Crippen LogP contribution in [0.15, 0.2) is 35.3 Å². The third-order valence-corrected chi connectivity index (χ3v) is 14.4. The molecule has 0 unspecified atom stereocenters. The van der Waals surface area contributed by atoms with E-state index in [1.807, 2.05) is 0 Å². The van der Waals surface area contributed by atoms with Gasteiger partial charge in [-0.3, -0.25) is 81.7 Å². The highest BCUT2D eigenvalue weighted by atomic mass is 16.4. The third-order valence-electron chi connectivity index (χ3n) is 14.4. The molecule has 0 aliphatic carbocycles. The van der Waals surface area contributed by atoms with E-state index in [-0.39, 0.29) is 50.5 Å². The first kappa shape index (κ1) is 87.8. The number of carboxylic acid groups (broad SMARTS) is 2. The quantitative estimate of drug-likeness (QED) is 0.0164. The second kappa shape index (κ2) is 44.0. The number of carboxylic acids is 2. The number of aliphatic carboxylic acids is 2. The number of hydrogen-bond donors (Lipinski definition) is 23. The SMILES string of the molecule is CC(C)C[C@H](NC(=O)CNC(=O)[C@H](CO)NC(=O)[C@@H](NC(=O)[C@H](CCCN=C(N)N)NC(=O)[C@@H](N)CC(N)=O)[C@@H](C)O)C(=O)N[C@@H](CC(C)C)C(=O)N[C@@H](CCC(=O)O)C(=O)N[C@H](C(=O)N[C@@H](CC(N)=O)C(=O)N[C@@H](Cc1ccccc1)C(=O)N[C@H](C(=O)N[C@@H](C)C(=O)O)[C@@H](C)O)[C@@H](C)O. The number of nitrogens with zero attached hydrogens (tertiary/aromatic N) is 1. The molecule has 560 valence electrons. The molecule has 100 heavy (non-hydrogen) atoms. The van der Waals surface area contributed by atoms with Gasteiger partial charge in [0.1, 0.15) is 66.5 Å². The van der Waals surface area contributed by atoms with Crippen LogP contribution in [0.25, 0.3) is 0 Å². The summed E-state index contributed by atoms with van der Waals surface area (Å²) in [5.74, 6) is -19.9. The number of carbonyl (C=O) groups is 16. The minimum absolute atomic E-state index is 0.0218. The maximum atomic E-state index is 14.2. The van der Waals surface area contributed by atoms with Gasteiger partial charge in [-0.25, -0.2) is 0 Å². The van der Waals surface area contributed by atoms with E-state index in [0.29, 0.717) is 5.56 Å². The van der Waals surface area contributed by atoms with Crippen molar-refractivity contribution in [1.82, 2.24) is 63.8 Å². The van der Waals surface area contributed by atoms with E-state index < -0.39 is 230 Å². The summed E-state index contributed by atoms with van der Waals surface area (Å²) in [6.07, 6.45) is -8.96. The standard InChI is InChI=1S/C60H98N18O22/c1-26(2)19-36(69-43(85)24-67-49(89)40(25-79)75-58(98)47(31(8)82)76-50(90)34(15-12-18-66-60(64)65)70-48(88)33(61)22-41(62)83)52(92)72-37(20-27(3)4)53(93)71-35(16-17-44(86)87)51(91)77-46(30(7)81)57(97)74-39(23-42(63)84)54(94)73-38(21-32-13-10-9-11-14-32)55(95)78-45(29(6)80)56(96)68-28(5)59(99)100/h9-11,13-14,26-31,33-40,45-47,79-82H,12,15-25,61H2,1-8H3,(H2,62,83)(H2,63,84)(H,67,89)(H,68,96)(H,69,85)(H,70,88)(H,71,93)(H,72,92)(H,73,94)(H,74,97)(H,75,98)(H,76,90)(H,77,91)(H,78,95)(H,86,87)(H,99,100)(H4,64,65,66)/t28-,29+,30+,31+,33-,34-,35-,36-,37-,38-,39-,40-,45-,46-,47-/m0/s1. The zero-order chi connectivity index (χ0) is 76.4. The number of aliphatic imine (C=N–C) groups is 1. The summed E-state index contributed by atoms with van der Waals surface area (Å²) in [6.45, 7) is 8.87. The highest BCUT2D eigenvalue weighted by molar-refractivity contribution is 6.00. The topological polar surface area (TPSA) is 681 Å². The number of aliphatic hydroxyl groups excluding tert-OH is 4. The number of benzene rings is 1. The number of hydrogen-bond acceptors (Lipinski definition) is 22. The molecule has 0 bridgehead atoms. The van der Waals surface area contributed by atoms with Crippen LogP contribution >= 0.6 is 0 Å². The average Bonchev–Trinajstić information content (AvgIpc) is 0.857. The lowest BCUT2D eigenvalue weighted by Crippen LogP contribution is -2.63. The second-order valence-electron chi connectivity index (χ2n) is 24.4. The Balaban J connectivity index is 3.43. The Morgan fingerprint density at radius 1 is 0.450 bits per heavy atom. The Hall–Kier alpha value is -10.2. The summed E-state index contributed by atoms with van der Waals surface area (Å²) in [5.41, 5.74) is 27.4. The molecule has 0 aliphatic heterocycles. The highest BCUT2D eigenvalue weighted by Gasteiger charge is 2.39. The molecule has 0 aromatic heterocycles. The van der Waals surface area contributed by atoms with Gasteiger partial charge in [-0.15, -0.1) is 0 Å². The number of amides is 14. The maximum absolute atomic E-state index is 14.2. The molecule has 15 atom stereocenters. The van der Waals surface area contributed by atoms with E-state index in [4.69, 9.17) is 28.7 Å². The van der Waals surface area contributed by atoms with Gasteiger partial charge < -0.3 is 123 Å². The molecule has 0 fully saturated rings. The van der Waals surface area contributed by atoms with Crippen LogP contribution in [0, 0.1) is 11.8 Å². The van der Waals surface area contributed by atoms with Gasteiger partial charge in [0.05, 0.1) is 50.3 Å². The lowest BCUT2D eigenvalue weighted by Gasteiger charge is -2.29. The Bertz CT molecular complexity index is 3040. The van der Waals surface area contributed by atoms with E-state index in [9.17, 15) is 107 Å². The molecular weight excluding hydrogens is 1320 g/mol. The first-order valence-corrected chi connectivity index (χ1v) is 31.7. The highest BCUT2D eigenvalue weighted by Crippen LogP contribution is 2.13. The molecule has 0 aliphatic rings. The zero-order valence-electron chi connectivity index (χ0n) is 56.7. The van der Waals surface area contributed by atoms with Gasteiger partial charge >= 0.3 is 11.9 Å². The van der Waals surface area contributed by atoms with Gasteiger partial charge in [-0.1, -0.05) is 58.0 Å². The summed E-state index contributed by atoms with van der Waals surface area (Å²) < 4.78 is 0. The molecule has 0 saturated heterocycles. The number of nitrogens with two attached hydrogens (primary N) is 5. The minimum atomic E-state index is -2.07. The lowest BCUT2D eigenvalue weighted by molar-refractivity contribution is -0.142. The number of nitrogens with one attached hydrogen (secondary N) is 12. The number of primary amides is 2. The van der Waals surface area contributed by atoms with Gasteiger partial charge in [-0.2, -0.15) is 0 Å². The van der Waals surface area contributed by atoms with Crippen molar-refractivity contribution in [1.29, 1.82) is 0 Å². The number of carbonyl (C=O) groups excluding carboxylic acids is 14. The van der Waals surface area contributed by atoms with E-state index in [2.05, 4.69) is 68.8 Å². The molecule has 0 radical (unpaired) electrons. The van der Waals surface area contributed by atoms with E-state index in [0.717, 1.165) is 27.7 Å². The smallest absolute Gasteiger partial charge is 0.325 e. The molecule has 0 heterocycles. The van der Waals surface area contributed by atoms with Crippen LogP contribution < -0.4 is 92.5 Å². The van der Waals surface area contributed by atoms with Crippen LogP contribution in [0.3, 0.4) is 0 Å². The third kappa shape index (κ3) is 33.4. The van der Waals surface area contributed by atoms with Crippen LogP contribution in [0.4, 0.5) is 0 Å². The van der Waals surface area contributed by atoms with E-state index >= 15 is 0 Å². The molecule has 0 saturated carbocycles. The molecule has 1 aromatic rings. The molecule has 28 N–H and O–H groups in total. The predicted molar refractivity (Wildman–Crippen MR) is 351 cm³/mol. The molecule has 40 nitrogen and oxygen atoms in total. The summed E-state index contributed by atoms with van der Waals surface area (Å²) in [5, 5.41) is 88.1. The van der Waals surface area contributed by atoms with Crippen LogP contribution in [-0.4, -0.2) is 242 Å². The molecule has 14 amide bonds. The zero-order valence-corrected chi connectivity index (χ0v) is 56.7. The van der Waals surface area contributed by atoms with Crippen molar-refractivity contribution in [2.45, 2.75) is 204 Å². The van der Waals surface area contributed by atoms with Crippen molar-refractivity contribution < 1.29 is 107 Å². The summed E-state index contributed by atoms with van der Waals surface area (Å²) in [4.78, 5) is 215. The molecular formula is C60H98N18O22. The second-order valence-corrected chi connectivity index (χ2v) is 24.4. The number of aliphatic hydroxyl groups is 4. The fraction of sp³-hybridized carbons (Fsp3) is 0.617. The Morgan fingerprint density at radius 3 is 1.29 bits per heavy atom. The van der Waals surface area contributed by atoms with Crippen LogP contribution in [0.5, 0.6) is 0 Å². The fourth-order valence-corrected chi connectivity index (χ4v) is 9.18. The van der Waals surface area contributed by atoms with Crippen molar-refractivity contribution >= 4 is 101 Å². The van der Waals surface area contributed by atoms with Crippen LogP contribution in [0.1, 0.15) is 112 Å². The van der Waals surface area contributed by atoms with E-state index in [1.165, 1.54) is 0 Å². The first-order chi connectivity index (χ1) is 46.6. The fourth-order valence-electron chi connectivity index (χ4n) is 9.18. The molecule has 40 heteroatoms. The number of rotatable bonds is 46. The number of guanidine groups is 1. The molecule has 1 aromatic carbocycles. The lowest BCUT2D eigenvalue weighted by atomic mass is 9.99. The summed E-state index contributed by atoms with van der Waals surface area (Å²) in [6, 6.07) is -12.6. The molecule has 0 spiro atoms. The largest absolute Gasteiger partial charge is 0.481 e. The average molecular weight is 1420 g/mol. The van der Waals surface area contributed by atoms with Crippen LogP contribution in [-0.2, 0) is 83.1 Å². The molecule has 1 rings (SSSR count). The summed E-state index contributed by atoms with van der Waals surface area (Å²) in [7, 11) is 0. The predicted octanol–water partition coefficient (Wildman–Crippen LogP) is -9.99. The minimum Gasteiger partial charge on any atom is -0.481 e. The van der Waals surface area contributed by atoms with Crippen molar-refractivity contribution in [3.63, 3.8) is 0 Å². The Kier molecular flexibility index (Phi) is 38.6. The van der Waals surface area contributed by atoms with Crippen molar-refractivity contribution in [3.05, 3.63) is 35.9 Å². The van der Waals surface area contributed by atoms with Gasteiger partial charge in [0, 0.05) is 19.4 Å². The van der Waals surface area contributed by atoms with Gasteiger partial charge in [0.15, 0.2) is 5.96 Å². The maximum Gasteiger partial charge on any atom is 0.325 e. The van der Waals surface area contributed by atoms with Crippen molar-refractivity contribution in [2.75, 3.05) is 19.7 Å². The Labute approximate surface area is 575 Å². The van der Waals surface area contributed by atoms with Gasteiger partial charge in [-0.05, 0) is 77.2 Å².